The molecule has 2 atom stereocenters. The Morgan fingerprint density at radius 2 is 2.00 bits per heavy atom. The summed E-state index contributed by atoms with van der Waals surface area (Å²) in [6, 6.07) is 0. The Labute approximate surface area is 108 Å². The number of ether oxygens (including phenoxy) is 2. The minimum atomic E-state index is -1.35. The zero-order chi connectivity index (χ0) is 14.6. The van der Waals surface area contributed by atoms with Gasteiger partial charge in [-0.3, -0.25) is 14.8 Å². The van der Waals surface area contributed by atoms with Crippen LogP contribution in [0, 0.1) is 11.1 Å². The number of hydrogen-bond acceptors (Lipinski definition) is 7. The highest BCUT2D eigenvalue weighted by Crippen LogP contribution is 2.23. The van der Waals surface area contributed by atoms with E-state index in [0.29, 0.717) is 0 Å². The topological polar surface area (TPSA) is 117 Å². The van der Waals surface area contributed by atoms with Gasteiger partial charge >= 0.3 is 17.7 Å². The van der Waals surface area contributed by atoms with E-state index in [4.69, 9.17) is 4.84 Å². The predicted molar refractivity (Wildman–Crippen MR) is 59.7 cm³/mol. The number of carbonyl (C=O) groups is 3. The summed E-state index contributed by atoms with van der Waals surface area (Å²) in [5.74, 6) is -3.33. The number of hydrogen-bond donors (Lipinski definition) is 1. The molecule has 19 heavy (non-hydrogen) atoms. The summed E-state index contributed by atoms with van der Waals surface area (Å²) in [6.45, 7) is 0. The van der Waals surface area contributed by atoms with Crippen molar-refractivity contribution in [2.75, 3.05) is 21.3 Å². The summed E-state index contributed by atoms with van der Waals surface area (Å²) < 4.78 is 8.89. The second-order valence-corrected chi connectivity index (χ2v) is 3.67. The van der Waals surface area contributed by atoms with Gasteiger partial charge in [0.25, 0.3) is 0 Å². The Morgan fingerprint density at radius 1 is 1.37 bits per heavy atom. The van der Waals surface area contributed by atoms with Gasteiger partial charge in [0, 0.05) is 13.5 Å². The molecule has 9 nitrogen and oxygen atoms in total. The van der Waals surface area contributed by atoms with Crippen molar-refractivity contribution < 1.29 is 33.6 Å². The summed E-state index contributed by atoms with van der Waals surface area (Å²) in [4.78, 5) is 38.9. The quantitative estimate of drug-likeness (QED) is 0.482. The molecule has 1 N–H and O–H groups in total. The number of methoxy groups -OCH3 is 2. The van der Waals surface area contributed by atoms with E-state index in [1.165, 1.54) is 7.05 Å². The second kappa shape index (κ2) is 6.03. The van der Waals surface area contributed by atoms with Gasteiger partial charge in [0.05, 0.1) is 25.0 Å². The van der Waals surface area contributed by atoms with Crippen molar-refractivity contribution in [1.29, 1.82) is 0 Å². The van der Waals surface area contributed by atoms with Gasteiger partial charge in [-0.15, -0.1) is 0 Å². The predicted octanol–water partition coefficient (Wildman–Crippen LogP) is -1.65. The molecule has 1 amide bonds. The highest BCUT2D eigenvalue weighted by Gasteiger charge is 2.49. The van der Waals surface area contributed by atoms with E-state index in [1.54, 1.807) is 0 Å². The van der Waals surface area contributed by atoms with Crippen molar-refractivity contribution in [2.45, 2.75) is 12.5 Å². The molecular weight excluding hydrogens is 260 g/mol. The van der Waals surface area contributed by atoms with Crippen LogP contribution in [0.4, 0.5) is 0 Å². The normalized spacial score (nSPS) is 21.6. The number of carbonyl (C=O) groups excluding carboxylic acids is 3. The van der Waals surface area contributed by atoms with E-state index in [2.05, 4.69) is 14.8 Å². The van der Waals surface area contributed by atoms with E-state index < -0.39 is 35.6 Å². The molecule has 1 heterocycles. The molecular formula is C10H14N2O7. The molecule has 0 aromatic carbocycles. The Hall–Kier alpha value is -2.32. The number of rotatable bonds is 4. The smallest absolute Gasteiger partial charge is 0.405 e. The maximum absolute atomic E-state index is 11.5. The lowest BCUT2D eigenvalue weighted by Crippen LogP contribution is -2.38. The third kappa shape index (κ3) is 2.92. The molecule has 0 fully saturated rings. The van der Waals surface area contributed by atoms with Gasteiger partial charge in [-0.1, -0.05) is 0 Å². The monoisotopic (exact) mass is 274 g/mol. The molecule has 0 radical (unpaired) electrons. The van der Waals surface area contributed by atoms with Gasteiger partial charge in [-0.2, -0.15) is 0 Å². The number of esters is 2. The van der Waals surface area contributed by atoms with Crippen molar-refractivity contribution in [3.05, 3.63) is 5.21 Å². The Morgan fingerprint density at radius 3 is 2.47 bits per heavy atom. The molecule has 0 aliphatic carbocycles. The number of nitrogens with one attached hydrogen (secondary N) is 1. The Bertz CT molecular complexity index is 432. The van der Waals surface area contributed by atoms with Crippen molar-refractivity contribution >= 4 is 23.6 Å². The fourth-order valence-electron chi connectivity index (χ4n) is 1.67. The van der Waals surface area contributed by atoms with E-state index in [9.17, 15) is 19.6 Å². The average Bonchev–Trinajstić information content (AvgIpc) is 2.73. The minimum Gasteiger partial charge on any atom is -0.468 e. The van der Waals surface area contributed by atoms with Crippen LogP contribution in [0.15, 0.2) is 0 Å². The minimum absolute atomic E-state index is 0.110. The van der Waals surface area contributed by atoms with Crippen LogP contribution in [-0.4, -0.2) is 55.8 Å². The summed E-state index contributed by atoms with van der Waals surface area (Å²) >= 11 is 0. The molecule has 1 rings (SSSR count). The first-order chi connectivity index (χ1) is 8.96. The van der Waals surface area contributed by atoms with Crippen molar-refractivity contribution in [3.8, 4) is 0 Å². The summed E-state index contributed by atoms with van der Waals surface area (Å²) in [5, 5.41) is 13.8. The molecule has 2 unspecified atom stereocenters. The van der Waals surface area contributed by atoms with Crippen LogP contribution in [0.3, 0.4) is 0 Å². The van der Waals surface area contributed by atoms with Crippen molar-refractivity contribution in [1.82, 2.24) is 5.32 Å². The van der Waals surface area contributed by atoms with Crippen LogP contribution in [0.25, 0.3) is 0 Å². The Kier molecular flexibility index (Phi) is 4.67. The number of amides is 1. The standard InChI is InChI=1S/C10H14N2O7/c1-11-6(13)4-5-7(9(14)17-2)12(16)19-8(5)10(15)18-3/h5,8H,4H2,1-3H3,(H,11,13). The van der Waals surface area contributed by atoms with Gasteiger partial charge in [-0.05, 0) is 0 Å². The fourth-order valence-corrected chi connectivity index (χ4v) is 1.67. The average molecular weight is 274 g/mol. The second-order valence-electron chi connectivity index (χ2n) is 3.67. The lowest BCUT2D eigenvalue weighted by atomic mass is 9.93. The zero-order valence-corrected chi connectivity index (χ0v) is 10.7. The molecule has 0 bridgehead atoms. The van der Waals surface area contributed by atoms with Crippen LogP contribution in [-0.2, 0) is 28.7 Å². The molecule has 0 aromatic rings. The summed E-state index contributed by atoms with van der Waals surface area (Å²) in [7, 11) is 3.57. The molecule has 106 valence electrons. The lowest BCUT2D eigenvalue weighted by molar-refractivity contribution is -0.737. The first kappa shape index (κ1) is 14.7. The first-order valence-corrected chi connectivity index (χ1v) is 5.33. The molecule has 9 heteroatoms. The molecule has 0 saturated heterocycles. The SMILES string of the molecule is CNC(=O)CC1C(C(=O)OC)=[N+]([O-])OC1C(=O)OC. The molecule has 0 saturated carbocycles. The summed E-state index contributed by atoms with van der Waals surface area (Å²) in [5.41, 5.74) is -0.443. The maximum Gasteiger partial charge on any atom is 0.405 e. The highest BCUT2D eigenvalue weighted by atomic mass is 16.9. The number of nitrogens with zero attached hydrogens (tertiary/aromatic N) is 1. The molecule has 1 aliphatic rings. The third-order valence-electron chi connectivity index (χ3n) is 2.63. The molecule has 1 aliphatic heterocycles. The first-order valence-electron chi connectivity index (χ1n) is 5.33. The van der Waals surface area contributed by atoms with E-state index >= 15 is 0 Å². The van der Waals surface area contributed by atoms with Gasteiger partial charge in [0.2, 0.25) is 5.91 Å². The molecule has 0 spiro atoms. The summed E-state index contributed by atoms with van der Waals surface area (Å²) in [6.07, 6.45) is -1.63. The van der Waals surface area contributed by atoms with Crippen LogP contribution in [0.1, 0.15) is 6.42 Å². The Balaban J connectivity index is 3.05. The van der Waals surface area contributed by atoms with Crippen LogP contribution >= 0.6 is 0 Å². The van der Waals surface area contributed by atoms with Gasteiger partial charge in [-0.25, -0.2) is 4.79 Å². The van der Waals surface area contributed by atoms with Crippen molar-refractivity contribution in [2.24, 2.45) is 5.92 Å². The van der Waals surface area contributed by atoms with Gasteiger partial charge in [0.15, 0.2) is 6.10 Å². The zero-order valence-electron chi connectivity index (χ0n) is 10.7. The lowest BCUT2D eigenvalue weighted by Gasteiger charge is -2.15. The van der Waals surface area contributed by atoms with Crippen LogP contribution in [0.2, 0.25) is 0 Å². The van der Waals surface area contributed by atoms with Crippen LogP contribution in [0.5, 0.6) is 0 Å². The molecule has 0 aromatic heterocycles. The van der Waals surface area contributed by atoms with Gasteiger partial charge < -0.3 is 19.6 Å². The largest absolute Gasteiger partial charge is 0.468 e. The van der Waals surface area contributed by atoms with E-state index in [0.717, 1.165) is 14.2 Å². The fraction of sp³-hybridized carbons (Fsp3) is 0.600. The maximum atomic E-state index is 11.5. The van der Waals surface area contributed by atoms with Crippen LogP contribution < -0.4 is 5.32 Å². The third-order valence-corrected chi connectivity index (χ3v) is 2.63. The van der Waals surface area contributed by atoms with Gasteiger partial charge in [0.1, 0.15) is 0 Å². The van der Waals surface area contributed by atoms with E-state index in [-0.39, 0.29) is 11.3 Å². The highest BCUT2D eigenvalue weighted by molar-refractivity contribution is 6.36. The van der Waals surface area contributed by atoms with Crippen molar-refractivity contribution in [3.63, 3.8) is 0 Å². The van der Waals surface area contributed by atoms with E-state index in [1.807, 2.05) is 0 Å².